The molecular formula is C16H23NOS. The van der Waals surface area contributed by atoms with Gasteiger partial charge in [-0.1, -0.05) is 12.1 Å². The molecule has 0 spiro atoms. The number of hydrogen-bond acceptors (Lipinski definition) is 3. The van der Waals surface area contributed by atoms with Crippen LogP contribution in [0.15, 0.2) is 24.3 Å². The van der Waals surface area contributed by atoms with E-state index in [1.165, 1.54) is 43.5 Å². The molecule has 0 aliphatic carbocycles. The maximum absolute atomic E-state index is 6.15. The second-order valence-corrected chi connectivity index (χ2v) is 6.72. The molecule has 3 heteroatoms. The fraction of sp³-hybridized carbons (Fsp3) is 0.625. The fourth-order valence-electron chi connectivity index (χ4n) is 2.97. The Hall–Kier alpha value is -0.670. The van der Waals surface area contributed by atoms with Crippen molar-refractivity contribution in [3.05, 3.63) is 29.8 Å². The molecule has 0 aromatic heterocycles. The van der Waals surface area contributed by atoms with Gasteiger partial charge in [0.05, 0.1) is 0 Å². The van der Waals surface area contributed by atoms with Gasteiger partial charge in [-0.05, 0) is 61.6 Å². The van der Waals surface area contributed by atoms with Crippen LogP contribution in [-0.2, 0) is 0 Å². The van der Waals surface area contributed by atoms with E-state index in [2.05, 4.69) is 29.6 Å². The van der Waals surface area contributed by atoms with Gasteiger partial charge in [-0.25, -0.2) is 0 Å². The Balaban J connectivity index is 1.64. The van der Waals surface area contributed by atoms with Crippen LogP contribution >= 0.6 is 11.8 Å². The van der Waals surface area contributed by atoms with E-state index in [1.807, 2.05) is 11.8 Å². The Bertz CT molecular complexity index is 397. The Morgan fingerprint density at radius 1 is 1.21 bits per heavy atom. The van der Waals surface area contributed by atoms with Crippen LogP contribution in [-0.4, -0.2) is 30.7 Å². The molecule has 1 aromatic carbocycles. The normalized spacial score (nSPS) is 28.0. The summed E-state index contributed by atoms with van der Waals surface area (Å²) in [4.78, 5) is 0. The Labute approximate surface area is 120 Å². The van der Waals surface area contributed by atoms with Crippen LogP contribution in [0.25, 0.3) is 0 Å². The molecule has 2 atom stereocenters. The molecule has 1 aromatic rings. The van der Waals surface area contributed by atoms with Gasteiger partial charge in [-0.2, -0.15) is 11.8 Å². The lowest BCUT2D eigenvalue weighted by Gasteiger charge is -2.25. The minimum Gasteiger partial charge on any atom is -0.490 e. The fourth-order valence-corrected chi connectivity index (χ4v) is 4.01. The second kappa shape index (κ2) is 6.67. The maximum atomic E-state index is 6.15. The van der Waals surface area contributed by atoms with Crippen LogP contribution in [0, 0.1) is 0 Å². The van der Waals surface area contributed by atoms with E-state index in [4.69, 9.17) is 4.74 Å². The first-order valence-corrected chi connectivity index (χ1v) is 8.62. The lowest BCUT2D eigenvalue weighted by molar-refractivity contribution is 0.211. The van der Waals surface area contributed by atoms with E-state index in [-0.39, 0.29) is 0 Å². The molecule has 2 aliphatic rings. The summed E-state index contributed by atoms with van der Waals surface area (Å²) in [6.07, 6.45) is 5.51. The lowest BCUT2D eigenvalue weighted by Crippen LogP contribution is -2.28. The van der Waals surface area contributed by atoms with Gasteiger partial charge in [0.1, 0.15) is 11.9 Å². The van der Waals surface area contributed by atoms with Crippen LogP contribution in [0.3, 0.4) is 0 Å². The predicted molar refractivity (Wildman–Crippen MR) is 82.3 cm³/mol. The molecule has 2 heterocycles. The number of ether oxygens (including phenoxy) is 1. The molecule has 0 saturated carbocycles. The third-order valence-electron chi connectivity index (χ3n) is 4.05. The molecule has 2 aliphatic heterocycles. The summed E-state index contributed by atoms with van der Waals surface area (Å²) in [6, 6.07) is 8.77. The molecule has 1 N–H and O–H groups in total. The van der Waals surface area contributed by atoms with Gasteiger partial charge in [0.15, 0.2) is 0 Å². The highest BCUT2D eigenvalue weighted by Crippen LogP contribution is 2.28. The van der Waals surface area contributed by atoms with Gasteiger partial charge < -0.3 is 10.1 Å². The summed E-state index contributed by atoms with van der Waals surface area (Å²) in [5, 5.41) is 3.49. The Morgan fingerprint density at radius 2 is 2.21 bits per heavy atom. The number of piperidine rings is 1. The molecule has 0 amide bonds. The van der Waals surface area contributed by atoms with Crippen molar-refractivity contribution in [1.82, 2.24) is 5.32 Å². The van der Waals surface area contributed by atoms with Gasteiger partial charge in [0, 0.05) is 12.3 Å². The van der Waals surface area contributed by atoms with Crippen LogP contribution in [0.1, 0.15) is 37.2 Å². The quantitative estimate of drug-likeness (QED) is 0.914. The summed E-state index contributed by atoms with van der Waals surface area (Å²) < 4.78 is 6.15. The molecule has 3 rings (SSSR count). The highest BCUT2D eigenvalue weighted by Gasteiger charge is 2.18. The summed E-state index contributed by atoms with van der Waals surface area (Å²) in [7, 11) is 0. The van der Waals surface area contributed by atoms with Gasteiger partial charge in [-0.15, -0.1) is 0 Å². The molecule has 0 bridgehead atoms. The number of hydrogen-bond donors (Lipinski definition) is 1. The van der Waals surface area contributed by atoms with Gasteiger partial charge in [0.2, 0.25) is 0 Å². The molecule has 2 fully saturated rings. The maximum Gasteiger partial charge on any atom is 0.120 e. The van der Waals surface area contributed by atoms with Crippen molar-refractivity contribution in [3.63, 3.8) is 0 Å². The van der Waals surface area contributed by atoms with Crippen LogP contribution in [0.2, 0.25) is 0 Å². The SMILES string of the molecule is c1cc(OC2CCCSC2)cc(C2CCCNC2)c1. The topological polar surface area (TPSA) is 21.3 Å². The van der Waals surface area contributed by atoms with E-state index in [1.54, 1.807) is 0 Å². The minimum absolute atomic E-state index is 0.415. The zero-order valence-corrected chi connectivity index (χ0v) is 12.3. The lowest BCUT2D eigenvalue weighted by atomic mass is 9.92. The number of rotatable bonds is 3. The average molecular weight is 277 g/mol. The zero-order valence-electron chi connectivity index (χ0n) is 11.4. The van der Waals surface area contributed by atoms with E-state index in [0.717, 1.165) is 18.0 Å². The standard InChI is InChI=1S/C16H23NOS/c1-4-13(14-5-2-8-17-11-14)10-15(6-1)18-16-7-3-9-19-12-16/h1,4,6,10,14,16-17H,2-3,5,7-9,11-12H2. The number of nitrogens with one attached hydrogen (secondary N) is 1. The molecule has 2 nitrogen and oxygen atoms in total. The van der Waals surface area contributed by atoms with Crippen LogP contribution in [0.4, 0.5) is 0 Å². The van der Waals surface area contributed by atoms with Crippen molar-refractivity contribution in [1.29, 1.82) is 0 Å². The predicted octanol–water partition coefficient (Wildman–Crippen LogP) is 3.43. The van der Waals surface area contributed by atoms with E-state index in [9.17, 15) is 0 Å². The molecule has 0 radical (unpaired) electrons. The first-order chi connectivity index (χ1) is 9.42. The van der Waals surface area contributed by atoms with Crippen molar-refractivity contribution in [2.45, 2.75) is 37.7 Å². The number of benzene rings is 1. The average Bonchev–Trinajstić information content (AvgIpc) is 2.49. The van der Waals surface area contributed by atoms with Crippen molar-refractivity contribution >= 4 is 11.8 Å². The van der Waals surface area contributed by atoms with Gasteiger partial charge >= 0.3 is 0 Å². The van der Waals surface area contributed by atoms with Crippen molar-refractivity contribution < 1.29 is 4.74 Å². The number of thioether (sulfide) groups is 1. The van der Waals surface area contributed by atoms with Gasteiger partial charge in [0.25, 0.3) is 0 Å². The largest absolute Gasteiger partial charge is 0.490 e. The summed E-state index contributed by atoms with van der Waals surface area (Å²) >= 11 is 2.02. The summed E-state index contributed by atoms with van der Waals surface area (Å²) in [5.41, 5.74) is 1.44. The minimum atomic E-state index is 0.415. The zero-order chi connectivity index (χ0) is 12.9. The summed E-state index contributed by atoms with van der Waals surface area (Å²) in [6.45, 7) is 2.29. The first-order valence-electron chi connectivity index (χ1n) is 7.47. The smallest absolute Gasteiger partial charge is 0.120 e. The molecule has 2 saturated heterocycles. The van der Waals surface area contributed by atoms with E-state index >= 15 is 0 Å². The first kappa shape index (κ1) is 13.3. The Kier molecular flexibility index (Phi) is 4.67. The van der Waals surface area contributed by atoms with Crippen molar-refractivity contribution in [2.75, 3.05) is 24.6 Å². The highest BCUT2D eigenvalue weighted by atomic mass is 32.2. The second-order valence-electron chi connectivity index (χ2n) is 5.57. The monoisotopic (exact) mass is 277 g/mol. The van der Waals surface area contributed by atoms with Crippen molar-refractivity contribution in [3.8, 4) is 5.75 Å². The molecule has 104 valence electrons. The van der Waals surface area contributed by atoms with Gasteiger partial charge in [-0.3, -0.25) is 0 Å². The van der Waals surface area contributed by atoms with Crippen LogP contribution < -0.4 is 10.1 Å². The Morgan fingerprint density at radius 3 is 3.00 bits per heavy atom. The third-order valence-corrected chi connectivity index (χ3v) is 5.23. The van der Waals surface area contributed by atoms with Crippen LogP contribution in [0.5, 0.6) is 5.75 Å². The summed E-state index contributed by atoms with van der Waals surface area (Å²) in [5.74, 6) is 4.18. The highest BCUT2D eigenvalue weighted by molar-refractivity contribution is 7.99. The molecule has 2 unspecified atom stereocenters. The van der Waals surface area contributed by atoms with Crippen molar-refractivity contribution in [2.24, 2.45) is 0 Å². The third kappa shape index (κ3) is 3.67. The van der Waals surface area contributed by atoms with E-state index in [0.29, 0.717) is 12.0 Å². The molecular weight excluding hydrogens is 254 g/mol. The van der Waals surface area contributed by atoms with E-state index < -0.39 is 0 Å². The molecule has 19 heavy (non-hydrogen) atoms.